The summed E-state index contributed by atoms with van der Waals surface area (Å²) in [5.41, 5.74) is 0.266. The molecule has 4 nitrogen and oxygen atoms in total. The maximum absolute atomic E-state index is 11.8. The monoisotopic (exact) mass is 293 g/mol. The van der Waals surface area contributed by atoms with Crippen LogP contribution in [0.5, 0.6) is 0 Å². The van der Waals surface area contributed by atoms with Gasteiger partial charge in [0.1, 0.15) is 0 Å². The number of carbonyl (C=O) groups is 1. The van der Waals surface area contributed by atoms with E-state index in [4.69, 9.17) is 4.74 Å². The summed E-state index contributed by atoms with van der Waals surface area (Å²) in [4.78, 5) is 13.7. The number of hydrogen-bond donors (Lipinski definition) is 1. The van der Waals surface area contributed by atoms with E-state index in [0.717, 1.165) is 5.56 Å². The van der Waals surface area contributed by atoms with Crippen molar-refractivity contribution in [2.24, 2.45) is 5.92 Å². The highest BCUT2D eigenvalue weighted by atomic mass is 16.5. The minimum absolute atomic E-state index is 0.109. The molecule has 0 saturated heterocycles. The molecule has 1 rings (SSSR count). The summed E-state index contributed by atoms with van der Waals surface area (Å²) < 4.78 is 5.02. The highest BCUT2D eigenvalue weighted by Gasteiger charge is 2.28. The second-order valence-electron chi connectivity index (χ2n) is 5.95. The van der Waals surface area contributed by atoms with Crippen molar-refractivity contribution < 1.29 is 14.6 Å². The average Bonchev–Trinajstić information content (AvgIpc) is 2.39. The first-order chi connectivity index (χ1) is 9.85. The average molecular weight is 293 g/mol. The van der Waals surface area contributed by atoms with Crippen molar-refractivity contribution in [1.29, 1.82) is 0 Å². The van der Waals surface area contributed by atoms with Crippen LogP contribution in [0.4, 0.5) is 0 Å². The first-order valence-electron chi connectivity index (χ1n) is 7.49. The summed E-state index contributed by atoms with van der Waals surface area (Å²) >= 11 is 0. The van der Waals surface area contributed by atoms with E-state index in [1.807, 2.05) is 49.1 Å². The fraction of sp³-hybridized carbons (Fsp3) is 0.588. The molecule has 0 spiro atoms. The number of esters is 1. The van der Waals surface area contributed by atoms with Crippen LogP contribution in [0, 0.1) is 5.92 Å². The van der Waals surface area contributed by atoms with Crippen LogP contribution in [-0.4, -0.2) is 41.3 Å². The highest BCUT2D eigenvalue weighted by Crippen LogP contribution is 2.19. The highest BCUT2D eigenvalue weighted by molar-refractivity contribution is 5.71. The molecule has 0 aliphatic heterocycles. The predicted molar refractivity (Wildman–Crippen MR) is 83.8 cm³/mol. The molecule has 0 aliphatic carbocycles. The first kappa shape index (κ1) is 17.7. The summed E-state index contributed by atoms with van der Waals surface area (Å²) in [6.45, 7) is 9.16. The first-order valence-corrected chi connectivity index (χ1v) is 7.49. The Labute approximate surface area is 127 Å². The van der Waals surface area contributed by atoms with Crippen molar-refractivity contribution in [3.63, 3.8) is 0 Å². The Morgan fingerprint density at radius 2 is 1.95 bits per heavy atom. The van der Waals surface area contributed by atoms with Gasteiger partial charge in [0, 0.05) is 13.1 Å². The molecule has 1 N–H and O–H groups in total. The minimum Gasteiger partial charge on any atom is -0.465 e. The quantitative estimate of drug-likeness (QED) is 0.748. The number of benzene rings is 1. The lowest BCUT2D eigenvalue weighted by molar-refractivity contribution is -0.145. The van der Waals surface area contributed by atoms with E-state index in [9.17, 15) is 9.90 Å². The van der Waals surface area contributed by atoms with E-state index in [2.05, 4.69) is 0 Å². The number of ether oxygens (including phenoxy) is 1. The minimum atomic E-state index is -0.846. The Morgan fingerprint density at radius 3 is 2.48 bits per heavy atom. The summed E-state index contributed by atoms with van der Waals surface area (Å²) in [7, 11) is 0. The Kier molecular flexibility index (Phi) is 6.85. The number of carbonyl (C=O) groups excluding carboxylic acids is 1. The number of hydrogen-bond acceptors (Lipinski definition) is 4. The Balaban J connectivity index is 2.77. The van der Waals surface area contributed by atoms with Gasteiger partial charge in [-0.05, 0) is 25.3 Å². The number of aliphatic hydroxyl groups is 1. The Hall–Kier alpha value is -1.39. The van der Waals surface area contributed by atoms with Gasteiger partial charge >= 0.3 is 5.97 Å². The molecule has 0 saturated carbocycles. The van der Waals surface area contributed by atoms with Gasteiger partial charge in [-0.25, -0.2) is 0 Å². The summed E-state index contributed by atoms with van der Waals surface area (Å²) in [6.07, 6.45) is 0. The zero-order valence-corrected chi connectivity index (χ0v) is 13.5. The van der Waals surface area contributed by atoms with Gasteiger partial charge in [-0.1, -0.05) is 44.2 Å². The third-order valence-electron chi connectivity index (χ3n) is 3.69. The van der Waals surface area contributed by atoms with Crippen LogP contribution >= 0.6 is 0 Å². The third-order valence-corrected chi connectivity index (χ3v) is 3.69. The summed E-state index contributed by atoms with van der Waals surface area (Å²) in [5.74, 6) is -0.147. The maximum atomic E-state index is 11.8. The fourth-order valence-corrected chi connectivity index (χ4v) is 2.03. The largest absolute Gasteiger partial charge is 0.465 e. The van der Waals surface area contributed by atoms with Crippen LogP contribution in [-0.2, 0) is 16.1 Å². The van der Waals surface area contributed by atoms with Crippen molar-refractivity contribution in [2.45, 2.75) is 39.8 Å². The molecule has 21 heavy (non-hydrogen) atoms. The van der Waals surface area contributed by atoms with E-state index in [0.29, 0.717) is 19.7 Å². The predicted octanol–water partition coefficient (Wildman–Crippen LogP) is 2.46. The van der Waals surface area contributed by atoms with Gasteiger partial charge in [0.15, 0.2) is 0 Å². The van der Waals surface area contributed by atoms with Gasteiger partial charge in [-0.15, -0.1) is 0 Å². The molecular weight excluding hydrogens is 266 g/mol. The molecular formula is C17H27NO3. The molecule has 0 amide bonds. The topological polar surface area (TPSA) is 49.8 Å². The molecule has 0 aromatic heterocycles. The van der Waals surface area contributed by atoms with Crippen molar-refractivity contribution in [3.05, 3.63) is 35.9 Å². The van der Waals surface area contributed by atoms with Gasteiger partial charge in [0.05, 0.1) is 18.8 Å². The SMILES string of the molecule is CCOC(=O)CN(Cc1ccccc1)CC(C)(O)C(C)C. The summed E-state index contributed by atoms with van der Waals surface area (Å²) in [6, 6.07) is 9.94. The third kappa shape index (κ3) is 6.27. The molecule has 1 unspecified atom stereocenters. The standard InChI is InChI=1S/C17H27NO3/c1-5-21-16(19)12-18(13-17(4,20)14(2)3)11-15-9-7-6-8-10-15/h6-10,14,20H,5,11-13H2,1-4H3. The Morgan fingerprint density at radius 1 is 1.33 bits per heavy atom. The van der Waals surface area contributed by atoms with E-state index in [-0.39, 0.29) is 18.4 Å². The Bertz CT molecular complexity index is 429. The van der Waals surface area contributed by atoms with E-state index < -0.39 is 5.60 Å². The van der Waals surface area contributed by atoms with Crippen molar-refractivity contribution in [2.75, 3.05) is 19.7 Å². The number of rotatable bonds is 8. The fourth-order valence-electron chi connectivity index (χ4n) is 2.03. The van der Waals surface area contributed by atoms with E-state index in [1.165, 1.54) is 0 Å². The number of nitrogens with zero attached hydrogens (tertiary/aromatic N) is 1. The molecule has 0 bridgehead atoms. The summed E-state index contributed by atoms with van der Waals surface area (Å²) in [5, 5.41) is 10.5. The zero-order valence-electron chi connectivity index (χ0n) is 13.5. The molecule has 1 aromatic carbocycles. The lowest BCUT2D eigenvalue weighted by atomic mass is 9.92. The van der Waals surface area contributed by atoms with E-state index in [1.54, 1.807) is 13.8 Å². The maximum Gasteiger partial charge on any atom is 0.320 e. The lowest BCUT2D eigenvalue weighted by Gasteiger charge is -2.34. The second kappa shape index (κ2) is 8.15. The lowest BCUT2D eigenvalue weighted by Crippen LogP contribution is -2.46. The van der Waals surface area contributed by atoms with Crippen molar-refractivity contribution in [1.82, 2.24) is 4.90 Å². The van der Waals surface area contributed by atoms with Crippen molar-refractivity contribution >= 4 is 5.97 Å². The van der Waals surface area contributed by atoms with Gasteiger partial charge in [-0.3, -0.25) is 9.69 Å². The van der Waals surface area contributed by atoms with Crippen LogP contribution in [0.3, 0.4) is 0 Å². The van der Waals surface area contributed by atoms with Crippen LogP contribution in [0.25, 0.3) is 0 Å². The smallest absolute Gasteiger partial charge is 0.320 e. The molecule has 1 aromatic rings. The van der Waals surface area contributed by atoms with Gasteiger partial charge < -0.3 is 9.84 Å². The van der Waals surface area contributed by atoms with E-state index >= 15 is 0 Å². The van der Waals surface area contributed by atoms with Crippen molar-refractivity contribution in [3.8, 4) is 0 Å². The normalized spacial score (nSPS) is 14.2. The van der Waals surface area contributed by atoms with Crippen LogP contribution in [0.15, 0.2) is 30.3 Å². The van der Waals surface area contributed by atoms with Crippen LogP contribution < -0.4 is 0 Å². The molecule has 118 valence electrons. The zero-order chi connectivity index (χ0) is 15.9. The van der Waals surface area contributed by atoms with Gasteiger partial charge in [0.2, 0.25) is 0 Å². The van der Waals surface area contributed by atoms with Crippen LogP contribution in [0.2, 0.25) is 0 Å². The van der Waals surface area contributed by atoms with Gasteiger partial charge in [0.25, 0.3) is 0 Å². The second-order valence-corrected chi connectivity index (χ2v) is 5.95. The molecule has 0 radical (unpaired) electrons. The molecule has 1 atom stereocenters. The van der Waals surface area contributed by atoms with Crippen LogP contribution in [0.1, 0.15) is 33.3 Å². The molecule has 0 fully saturated rings. The van der Waals surface area contributed by atoms with Gasteiger partial charge in [-0.2, -0.15) is 0 Å². The molecule has 0 aliphatic rings. The molecule has 0 heterocycles. The molecule has 4 heteroatoms.